The molecule has 0 fully saturated rings. The van der Waals surface area contributed by atoms with Gasteiger partial charge >= 0.3 is 0 Å². The van der Waals surface area contributed by atoms with Crippen molar-refractivity contribution >= 4 is 22.7 Å². The van der Waals surface area contributed by atoms with Gasteiger partial charge in [-0.05, 0) is 39.3 Å². The van der Waals surface area contributed by atoms with E-state index < -0.39 is 6.04 Å². The van der Waals surface area contributed by atoms with Gasteiger partial charge in [0.25, 0.3) is 5.56 Å². The second-order valence-corrected chi connectivity index (χ2v) is 7.93. The van der Waals surface area contributed by atoms with Crippen molar-refractivity contribution in [2.75, 3.05) is 11.1 Å². The summed E-state index contributed by atoms with van der Waals surface area (Å²) in [6.45, 7) is 7.51. The lowest BCUT2D eigenvalue weighted by Crippen LogP contribution is -2.30. The fourth-order valence-electron chi connectivity index (χ4n) is 3.69. The molecule has 0 amide bonds. The average Bonchev–Trinajstić information content (AvgIpc) is 2.79. The van der Waals surface area contributed by atoms with E-state index in [0.29, 0.717) is 22.6 Å². The first-order chi connectivity index (χ1) is 15.8. The van der Waals surface area contributed by atoms with Crippen LogP contribution in [0.25, 0.3) is 22.0 Å². The highest BCUT2D eigenvalue weighted by Crippen LogP contribution is 2.28. The highest BCUT2D eigenvalue weighted by Gasteiger charge is 2.22. The Bertz CT molecular complexity index is 1440. The van der Waals surface area contributed by atoms with Gasteiger partial charge < -0.3 is 11.1 Å². The van der Waals surface area contributed by atoms with E-state index in [1.807, 2.05) is 45.9 Å². The molecule has 0 saturated heterocycles. The predicted molar refractivity (Wildman–Crippen MR) is 125 cm³/mol. The van der Waals surface area contributed by atoms with Crippen molar-refractivity contribution in [3.8, 4) is 17.2 Å². The average molecular weight is 441 g/mol. The molecule has 0 saturated carbocycles. The van der Waals surface area contributed by atoms with Gasteiger partial charge in [0.05, 0.1) is 23.1 Å². The van der Waals surface area contributed by atoms with E-state index in [2.05, 4.69) is 25.3 Å². The first-order valence-electron chi connectivity index (χ1n) is 10.4. The Morgan fingerprint density at radius 2 is 1.82 bits per heavy atom. The summed E-state index contributed by atoms with van der Waals surface area (Å²) in [7, 11) is 0. The number of nitrogens with one attached hydrogen (secondary N) is 1. The molecule has 33 heavy (non-hydrogen) atoms. The van der Waals surface area contributed by atoms with Gasteiger partial charge in [0.15, 0.2) is 0 Å². The Labute approximate surface area is 190 Å². The van der Waals surface area contributed by atoms with Gasteiger partial charge in [0.1, 0.15) is 29.1 Å². The summed E-state index contributed by atoms with van der Waals surface area (Å²) in [5, 5.41) is 13.0. The largest absolute Gasteiger partial charge is 0.368 e. The van der Waals surface area contributed by atoms with E-state index in [1.165, 1.54) is 6.20 Å². The van der Waals surface area contributed by atoms with Crippen LogP contribution in [-0.2, 0) is 0 Å². The first-order valence-corrected chi connectivity index (χ1v) is 10.4. The molecule has 0 unspecified atom stereocenters. The zero-order chi connectivity index (χ0) is 23.7. The van der Waals surface area contributed by atoms with Gasteiger partial charge in [-0.3, -0.25) is 9.36 Å². The number of hydrogen-bond donors (Lipinski definition) is 2. The van der Waals surface area contributed by atoms with E-state index in [-0.39, 0.29) is 28.9 Å². The van der Waals surface area contributed by atoms with Crippen molar-refractivity contribution in [3.05, 3.63) is 64.4 Å². The molecule has 4 aromatic rings. The van der Waals surface area contributed by atoms with E-state index in [1.54, 1.807) is 23.0 Å². The van der Waals surface area contributed by atoms with Crippen molar-refractivity contribution in [3.63, 3.8) is 0 Å². The van der Waals surface area contributed by atoms with E-state index >= 15 is 0 Å². The summed E-state index contributed by atoms with van der Waals surface area (Å²) < 4.78 is 1.65. The minimum atomic E-state index is -0.447. The number of nitrogens with two attached hydrogens (primary N) is 1. The highest BCUT2D eigenvalue weighted by molar-refractivity contribution is 5.93. The van der Waals surface area contributed by atoms with Crippen molar-refractivity contribution < 1.29 is 0 Å². The van der Waals surface area contributed by atoms with Crippen LogP contribution >= 0.6 is 0 Å². The molecule has 166 valence electrons. The van der Waals surface area contributed by atoms with Crippen LogP contribution in [0.4, 0.5) is 11.8 Å². The Hall–Kier alpha value is -4.39. The summed E-state index contributed by atoms with van der Waals surface area (Å²) in [5.74, 6) is 1.50. The lowest BCUT2D eigenvalue weighted by Gasteiger charge is -2.23. The smallest absolute Gasteiger partial charge is 0.262 e. The maximum Gasteiger partial charge on any atom is 0.262 e. The Morgan fingerprint density at radius 1 is 1.09 bits per heavy atom. The van der Waals surface area contributed by atoms with Crippen LogP contribution in [0.15, 0.2) is 41.6 Å². The van der Waals surface area contributed by atoms with Crippen LogP contribution in [-0.4, -0.2) is 29.5 Å². The number of anilines is 2. The molecule has 0 aliphatic carbocycles. The molecule has 3 N–H and O–H groups in total. The Balaban J connectivity index is 1.89. The van der Waals surface area contributed by atoms with Crippen LogP contribution in [0.1, 0.15) is 50.1 Å². The van der Waals surface area contributed by atoms with Crippen molar-refractivity contribution in [1.29, 1.82) is 5.26 Å². The summed E-state index contributed by atoms with van der Waals surface area (Å²) in [6, 6.07) is 6.96. The number of nitrogen functional groups attached to an aromatic ring is 1. The molecular formula is C23H23N9O. The third-order valence-electron chi connectivity index (χ3n) is 5.23. The van der Waals surface area contributed by atoms with Gasteiger partial charge in [-0.25, -0.2) is 19.9 Å². The van der Waals surface area contributed by atoms with Gasteiger partial charge in [0.2, 0.25) is 5.95 Å². The minimum Gasteiger partial charge on any atom is -0.368 e. The molecule has 3 aromatic heterocycles. The second-order valence-electron chi connectivity index (χ2n) is 7.93. The van der Waals surface area contributed by atoms with Crippen LogP contribution < -0.4 is 16.6 Å². The summed E-state index contributed by atoms with van der Waals surface area (Å²) in [4.78, 5) is 35.1. The zero-order valence-electron chi connectivity index (χ0n) is 18.7. The van der Waals surface area contributed by atoms with Crippen molar-refractivity contribution in [1.82, 2.24) is 29.5 Å². The number of rotatable bonds is 5. The standard InChI is InChI=1S/C23H23N9O/c1-12(2)32-21(13(3)29-20-15(8-24)9-28-23(25)31-20)30-18-7-5-6-17(19(18)22(32)33)16-10-26-14(4)27-11-16/h5-7,9-13H,1-4H3,(H3,25,28,29,31)/t13-/m1/s1. The minimum absolute atomic E-state index is 0.0429. The monoisotopic (exact) mass is 441 g/mol. The summed E-state index contributed by atoms with van der Waals surface area (Å²) >= 11 is 0. The molecule has 10 heteroatoms. The Kier molecular flexibility index (Phi) is 5.70. The fourth-order valence-corrected chi connectivity index (χ4v) is 3.69. The molecule has 1 atom stereocenters. The predicted octanol–water partition coefficient (Wildman–Crippen LogP) is 3.16. The molecule has 0 bridgehead atoms. The highest BCUT2D eigenvalue weighted by atomic mass is 16.1. The van der Waals surface area contributed by atoms with E-state index in [0.717, 1.165) is 11.1 Å². The molecule has 0 aliphatic rings. The van der Waals surface area contributed by atoms with E-state index in [9.17, 15) is 10.1 Å². The second kappa shape index (κ2) is 8.63. The summed E-state index contributed by atoms with van der Waals surface area (Å²) in [5.41, 5.74) is 7.81. The Morgan fingerprint density at radius 3 is 2.48 bits per heavy atom. The van der Waals surface area contributed by atoms with Gasteiger partial charge in [-0.15, -0.1) is 0 Å². The molecule has 0 radical (unpaired) electrons. The zero-order valence-corrected chi connectivity index (χ0v) is 18.7. The first kappa shape index (κ1) is 21.8. The summed E-state index contributed by atoms with van der Waals surface area (Å²) in [6.07, 6.45) is 4.77. The lowest BCUT2D eigenvalue weighted by molar-refractivity contribution is 0.525. The normalized spacial score (nSPS) is 12.0. The van der Waals surface area contributed by atoms with Crippen LogP contribution in [0, 0.1) is 18.3 Å². The van der Waals surface area contributed by atoms with Gasteiger partial charge in [-0.1, -0.05) is 12.1 Å². The number of aryl methyl sites for hydroxylation is 1. The number of aromatic nitrogens is 6. The number of fused-ring (bicyclic) bond motifs is 1. The van der Waals surface area contributed by atoms with Gasteiger partial charge in [-0.2, -0.15) is 10.2 Å². The maximum atomic E-state index is 13.7. The SMILES string of the molecule is Cc1ncc(-c2cccc3nc([C@@H](C)Nc4nc(N)ncc4C#N)n(C(C)C)c(=O)c23)cn1. The van der Waals surface area contributed by atoms with Crippen LogP contribution in [0.3, 0.4) is 0 Å². The molecule has 0 spiro atoms. The number of benzene rings is 1. The molecule has 0 aliphatic heterocycles. The number of nitrogens with zero attached hydrogens (tertiary/aromatic N) is 7. The third kappa shape index (κ3) is 4.08. The quantitative estimate of drug-likeness (QED) is 0.476. The van der Waals surface area contributed by atoms with Crippen LogP contribution in [0.5, 0.6) is 0 Å². The van der Waals surface area contributed by atoms with Gasteiger partial charge in [0, 0.05) is 24.0 Å². The van der Waals surface area contributed by atoms with E-state index in [4.69, 9.17) is 10.7 Å². The third-order valence-corrected chi connectivity index (χ3v) is 5.23. The molecule has 1 aromatic carbocycles. The molecule has 10 nitrogen and oxygen atoms in total. The lowest BCUT2D eigenvalue weighted by atomic mass is 10.0. The maximum absolute atomic E-state index is 13.7. The van der Waals surface area contributed by atoms with Crippen LogP contribution in [0.2, 0.25) is 0 Å². The molecule has 4 rings (SSSR count). The number of nitriles is 1. The molecular weight excluding hydrogens is 418 g/mol. The fraction of sp³-hybridized carbons (Fsp3) is 0.261. The van der Waals surface area contributed by atoms with Crippen molar-refractivity contribution in [2.45, 2.75) is 39.8 Å². The molecule has 3 heterocycles. The number of hydrogen-bond acceptors (Lipinski definition) is 9. The van der Waals surface area contributed by atoms with Crippen molar-refractivity contribution in [2.24, 2.45) is 0 Å². The topological polar surface area (TPSA) is 148 Å².